The van der Waals surface area contributed by atoms with E-state index in [9.17, 15) is 19.2 Å². The minimum atomic E-state index is -2.08. The molecule has 52 heavy (non-hydrogen) atoms. The molecule has 0 spiro atoms. The Kier molecular flexibility index (Phi) is 11.6. The number of rotatable bonds is 12. The number of carbonyl (C=O) groups excluding carboxylic acids is 4. The molecule has 0 bridgehead atoms. The SMILES string of the molecule is COC(=O)[C@@H](NC(=O)OCc1ccccc1)[C@@H](C)O[C@]1(c2ccccc2)O[C@H]2OC[C@@H](OC(=O)c3ccccc3)[C@H](OC(=O)c3ccccc3)[C@H]2O1. The molecule has 13 heteroatoms. The third kappa shape index (κ3) is 8.46. The van der Waals surface area contributed by atoms with Crippen molar-refractivity contribution in [3.05, 3.63) is 144 Å². The molecule has 0 aromatic heterocycles. The summed E-state index contributed by atoms with van der Waals surface area (Å²) in [7, 11) is 1.17. The van der Waals surface area contributed by atoms with Crippen LogP contribution in [0.25, 0.3) is 0 Å². The van der Waals surface area contributed by atoms with E-state index in [1.165, 1.54) is 14.0 Å². The third-order valence-electron chi connectivity index (χ3n) is 8.35. The molecule has 0 aliphatic carbocycles. The predicted octanol–water partition coefficient (Wildman–Crippen LogP) is 4.89. The Morgan fingerprint density at radius 2 is 1.33 bits per heavy atom. The van der Waals surface area contributed by atoms with Gasteiger partial charge in [-0.15, -0.1) is 0 Å². The van der Waals surface area contributed by atoms with Crippen LogP contribution in [0, 0.1) is 0 Å². The van der Waals surface area contributed by atoms with Crippen molar-refractivity contribution in [2.45, 2.75) is 56.3 Å². The summed E-state index contributed by atoms with van der Waals surface area (Å²) in [6.45, 7) is 1.24. The van der Waals surface area contributed by atoms with Gasteiger partial charge in [0, 0.05) is 5.56 Å². The number of nitrogens with one attached hydrogen (secondary N) is 1. The van der Waals surface area contributed by atoms with Crippen molar-refractivity contribution in [2.75, 3.05) is 13.7 Å². The van der Waals surface area contributed by atoms with E-state index in [0.717, 1.165) is 5.56 Å². The van der Waals surface area contributed by atoms with Crippen LogP contribution in [-0.2, 0) is 55.3 Å². The smallest absolute Gasteiger partial charge is 0.408 e. The molecule has 4 aromatic rings. The zero-order chi connectivity index (χ0) is 36.5. The van der Waals surface area contributed by atoms with E-state index in [-0.39, 0.29) is 24.3 Å². The number of amides is 1. The Balaban J connectivity index is 1.27. The molecule has 0 unspecified atom stereocenters. The Morgan fingerprint density at radius 3 is 1.92 bits per heavy atom. The van der Waals surface area contributed by atoms with Gasteiger partial charge >= 0.3 is 30.0 Å². The average Bonchev–Trinajstić information content (AvgIpc) is 3.57. The molecule has 2 aliphatic heterocycles. The highest BCUT2D eigenvalue weighted by Crippen LogP contribution is 2.44. The summed E-state index contributed by atoms with van der Waals surface area (Å²) >= 11 is 0. The van der Waals surface area contributed by atoms with Crippen molar-refractivity contribution in [1.82, 2.24) is 5.32 Å². The molecule has 0 saturated carbocycles. The number of alkyl carbamates (subject to hydrolysis) is 1. The summed E-state index contributed by atoms with van der Waals surface area (Å²) in [5.74, 6) is -4.28. The number of hydrogen-bond acceptors (Lipinski definition) is 12. The first-order valence-electron chi connectivity index (χ1n) is 16.5. The van der Waals surface area contributed by atoms with E-state index in [0.29, 0.717) is 5.56 Å². The van der Waals surface area contributed by atoms with Crippen LogP contribution in [0.5, 0.6) is 0 Å². The summed E-state index contributed by atoms with van der Waals surface area (Å²) in [6.07, 6.45) is -6.85. The highest BCUT2D eigenvalue weighted by molar-refractivity contribution is 5.90. The highest BCUT2D eigenvalue weighted by Gasteiger charge is 2.60. The van der Waals surface area contributed by atoms with Crippen molar-refractivity contribution in [3.8, 4) is 0 Å². The summed E-state index contributed by atoms with van der Waals surface area (Å²) in [4.78, 5) is 52.5. The average molecular weight is 712 g/mol. The van der Waals surface area contributed by atoms with Gasteiger partial charge in [-0.1, -0.05) is 97.1 Å². The second-order valence-electron chi connectivity index (χ2n) is 11.9. The molecule has 2 fully saturated rings. The van der Waals surface area contributed by atoms with Gasteiger partial charge in [-0.3, -0.25) is 4.74 Å². The molecule has 4 aromatic carbocycles. The number of esters is 3. The van der Waals surface area contributed by atoms with Crippen molar-refractivity contribution < 1.29 is 57.1 Å². The highest BCUT2D eigenvalue weighted by atomic mass is 16.9. The Morgan fingerprint density at radius 1 is 0.769 bits per heavy atom. The Bertz CT molecular complexity index is 1810. The largest absolute Gasteiger partial charge is 0.467 e. The van der Waals surface area contributed by atoms with Crippen LogP contribution >= 0.6 is 0 Å². The minimum absolute atomic E-state index is 0.0459. The van der Waals surface area contributed by atoms with Gasteiger partial charge in [0.1, 0.15) is 6.61 Å². The van der Waals surface area contributed by atoms with Gasteiger partial charge < -0.3 is 38.5 Å². The molecule has 2 heterocycles. The lowest BCUT2D eigenvalue weighted by Gasteiger charge is -2.36. The van der Waals surface area contributed by atoms with Crippen molar-refractivity contribution in [3.63, 3.8) is 0 Å². The summed E-state index contributed by atoms with van der Waals surface area (Å²) in [6, 6.07) is 32.8. The van der Waals surface area contributed by atoms with Crippen molar-refractivity contribution in [2.24, 2.45) is 0 Å². The number of carbonyl (C=O) groups is 4. The number of benzene rings is 4. The van der Waals surface area contributed by atoms with Crippen LogP contribution in [-0.4, -0.2) is 74.5 Å². The monoisotopic (exact) mass is 711 g/mol. The lowest BCUT2D eigenvalue weighted by atomic mass is 10.0. The van der Waals surface area contributed by atoms with E-state index in [1.807, 2.05) is 6.07 Å². The molecule has 2 saturated heterocycles. The standard InChI is InChI=1S/C39H37NO12/c1-25(31(36(43)45-2)40-38(44)47-23-26-15-7-3-8-16-26)50-39(29-21-13-6-14-22-29)51-33-32(49-35(42)28-19-11-5-12-20-28)30(24-46-37(33)52-39)48-34(41)27-17-9-4-10-18-27/h3-22,25,30-33,37H,23-24H2,1-2H3,(H,40,44)/t25-,30-,31+,32+,33-,37-,39+/m1/s1. The zero-order valence-corrected chi connectivity index (χ0v) is 28.3. The fourth-order valence-corrected chi connectivity index (χ4v) is 5.72. The first-order valence-corrected chi connectivity index (χ1v) is 16.5. The first kappa shape index (κ1) is 36.2. The maximum Gasteiger partial charge on any atom is 0.408 e. The Hall–Kier alpha value is -5.60. The fourth-order valence-electron chi connectivity index (χ4n) is 5.72. The van der Waals surface area contributed by atoms with E-state index < -0.39 is 66.7 Å². The maximum absolute atomic E-state index is 13.4. The van der Waals surface area contributed by atoms with E-state index in [2.05, 4.69) is 5.32 Å². The van der Waals surface area contributed by atoms with E-state index in [1.54, 1.807) is 115 Å². The quantitative estimate of drug-likeness (QED) is 0.157. The second-order valence-corrected chi connectivity index (χ2v) is 11.9. The summed E-state index contributed by atoms with van der Waals surface area (Å²) in [5.41, 5.74) is 1.62. The van der Waals surface area contributed by atoms with Crippen LogP contribution in [0.15, 0.2) is 121 Å². The maximum atomic E-state index is 13.4. The van der Waals surface area contributed by atoms with E-state index in [4.69, 9.17) is 37.9 Å². The summed E-state index contributed by atoms with van der Waals surface area (Å²) in [5, 5.41) is 2.51. The number of fused-ring (bicyclic) bond motifs is 1. The fraction of sp³-hybridized carbons (Fsp3) is 0.282. The van der Waals surface area contributed by atoms with Gasteiger partial charge in [0.05, 0.1) is 30.9 Å². The molecule has 2 aliphatic rings. The molecule has 6 rings (SSSR count). The second kappa shape index (κ2) is 16.6. The normalized spacial score (nSPS) is 23.3. The molecule has 0 radical (unpaired) electrons. The zero-order valence-electron chi connectivity index (χ0n) is 28.3. The molecule has 7 atom stereocenters. The number of methoxy groups -OCH3 is 1. The van der Waals surface area contributed by atoms with Gasteiger partial charge in [-0.05, 0) is 36.8 Å². The van der Waals surface area contributed by atoms with Crippen LogP contribution in [0.2, 0.25) is 0 Å². The van der Waals surface area contributed by atoms with Crippen molar-refractivity contribution in [1.29, 1.82) is 0 Å². The van der Waals surface area contributed by atoms with Crippen LogP contribution < -0.4 is 5.32 Å². The number of ether oxygens (including phenoxy) is 8. The molecule has 13 nitrogen and oxygen atoms in total. The van der Waals surface area contributed by atoms with Gasteiger partial charge in [0.2, 0.25) is 0 Å². The van der Waals surface area contributed by atoms with Gasteiger partial charge in [-0.2, -0.15) is 0 Å². The molecule has 1 amide bonds. The van der Waals surface area contributed by atoms with Gasteiger partial charge in [0.15, 0.2) is 30.6 Å². The molecule has 1 N–H and O–H groups in total. The first-order chi connectivity index (χ1) is 25.3. The Labute approximate surface area is 299 Å². The van der Waals surface area contributed by atoms with Crippen molar-refractivity contribution >= 4 is 24.0 Å². The third-order valence-corrected chi connectivity index (χ3v) is 8.35. The van der Waals surface area contributed by atoms with Crippen LogP contribution in [0.1, 0.15) is 38.8 Å². The van der Waals surface area contributed by atoms with Gasteiger partial charge in [-0.25, -0.2) is 19.2 Å². The molecular formula is C39H37NO12. The molecule has 270 valence electrons. The lowest BCUT2D eigenvalue weighted by Crippen LogP contribution is -2.55. The summed E-state index contributed by atoms with van der Waals surface area (Å²) < 4.78 is 47.4. The predicted molar refractivity (Wildman–Crippen MR) is 181 cm³/mol. The number of hydrogen-bond donors (Lipinski definition) is 1. The minimum Gasteiger partial charge on any atom is -0.467 e. The van der Waals surface area contributed by atoms with Gasteiger partial charge in [0.25, 0.3) is 0 Å². The van der Waals surface area contributed by atoms with E-state index >= 15 is 0 Å². The lowest BCUT2D eigenvalue weighted by molar-refractivity contribution is -0.379. The van der Waals surface area contributed by atoms with Crippen LogP contribution in [0.4, 0.5) is 4.79 Å². The molecular weight excluding hydrogens is 674 g/mol. The topological polar surface area (TPSA) is 154 Å². The van der Waals surface area contributed by atoms with Crippen LogP contribution in [0.3, 0.4) is 0 Å².